The van der Waals surface area contributed by atoms with Gasteiger partial charge in [0.1, 0.15) is 11.6 Å². The molecule has 10 nitrogen and oxygen atoms in total. The van der Waals surface area contributed by atoms with E-state index in [1.807, 2.05) is 19.1 Å². The van der Waals surface area contributed by atoms with Crippen molar-refractivity contribution in [1.29, 1.82) is 0 Å². The first kappa shape index (κ1) is 32.2. The lowest BCUT2D eigenvalue weighted by atomic mass is 9.90. The van der Waals surface area contributed by atoms with Gasteiger partial charge in [-0.15, -0.1) is 0 Å². The molecule has 1 heterocycles. The molecule has 41 heavy (non-hydrogen) atoms. The van der Waals surface area contributed by atoms with Gasteiger partial charge in [0.15, 0.2) is 6.29 Å². The lowest BCUT2D eigenvalue weighted by molar-refractivity contribution is -0.204. The van der Waals surface area contributed by atoms with E-state index < -0.39 is 29.9 Å². The van der Waals surface area contributed by atoms with Crippen LogP contribution in [0.1, 0.15) is 66.3 Å². The molecule has 1 fully saturated rings. The maximum Gasteiger partial charge on any atom is 0.270 e. The zero-order valence-corrected chi connectivity index (χ0v) is 24.2. The summed E-state index contributed by atoms with van der Waals surface area (Å²) in [5, 5.41) is 22.0. The van der Waals surface area contributed by atoms with Crippen LogP contribution in [0.3, 0.4) is 0 Å². The van der Waals surface area contributed by atoms with Gasteiger partial charge in [-0.25, -0.2) is 10.3 Å². The third kappa shape index (κ3) is 8.60. The number of likely N-dealkylation sites (N-methyl/N-ethyl adjacent to an activating group) is 2. The monoisotopic (exact) mass is 567 g/mol. The van der Waals surface area contributed by atoms with Gasteiger partial charge in [0, 0.05) is 42.8 Å². The van der Waals surface area contributed by atoms with Crippen LogP contribution in [0.4, 0.5) is 0 Å². The second-order valence-electron chi connectivity index (χ2n) is 10.1. The quantitative estimate of drug-likeness (QED) is 0.174. The Morgan fingerprint density at radius 3 is 2.32 bits per heavy atom. The number of rotatable bonds is 12. The topological polar surface area (TPSA) is 130 Å². The van der Waals surface area contributed by atoms with E-state index >= 15 is 0 Å². The molecule has 0 spiro atoms. The number of aliphatic hydroxyl groups excluding tert-OH is 2. The van der Waals surface area contributed by atoms with Crippen LogP contribution in [0.5, 0.6) is 0 Å². The minimum absolute atomic E-state index is 0.0921. The summed E-state index contributed by atoms with van der Waals surface area (Å²) in [7, 11) is 3.33. The Morgan fingerprint density at radius 2 is 1.76 bits per heavy atom. The molecule has 2 amide bonds. The number of ether oxygens (including phenoxy) is 2. The standard InChI is InChI=1S/C31H41N3O7/c1-22(32-3)31(2,30(38)33-41-28-7-5-6-19-40-28)34(4)29(37)26-16-12-24(13-17-26)9-8-23-10-14-25(15-11-23)27(36)21-39-20-18-35/h10-17,22,27-28,32,35-36H,5-7,18-21H2,1-4H3,(H,33,38)/t22?,27?,28?,31-/m0/s1. The molecule has 222 valence electrons. The summed E-state index contributed by atoms with van der Waals surface area (Å²) in [4.78, 5) is 33.7. The zero-order valence-electron chi connectivity index (χ0n) is 24.2. The van der Waals surface area contributed by atoms with Gasteiger partial charge in [-0.1, -0.05) is 24.0 Å². The van der Waals surface area contributed by atoms with Gasteiger partial charge in [0.2, 0.25) is 0 Å². The molecule has 1 aliphatic heterocycles. The molecule has 4 atom stereocenters. The van der Waals surface area contributed by atoms with Crippen molar-refractivity contribution in [1.82, 2.24) is 15.7 Å². The van der Waals surface area contributed by atoms with Crippen molar-refractivity contribution >= 4 is 11.8 Å². The fraction of sp³-hybridized carbons (Fsp3) is 0.484. The molecule has 0 bridgehead atoms. The van der Waals surface area contributed by atoms with Gasteiger partial charge < -0.3 is 29.9 Å². The molecule has 2 aromatic rings. The molecule has 0 aliphatic carbocycles. The Balaban J connectivity index is 1.65. The highest BCUT2D eigenvalue weighted by Gasteiger charge is 2.45. The van der Waals surface area contributed by atoms with Crippen LogP contribution in [-0.4, -0.2) is 85.3 Å². The zero-order chi connectivity index (χ0) is 29.8. The number of benzene rings is 2. The number of amides is 2. The van der Waals surface area contributed by atoms with Crippen molar-refractivity contribution in [2.24, 2.45) is 0 Å². The summed E-state index contributed by atoms with van der Waals surface area (Å²) >= 11 is 0. The number of hydrogen-bond donors (Lipinski definition) is 4. The van der Waals surface area contributed by atoms with E-state index in [-0.39, 0.29) is 25.7 Å². The van der Waals surface area contributed by atoms with E-state index in [0.29, 0.717) is 24.2 Å². The predicted octanol–water partition coefficient (Wildman–Crippen LogP) is 2.14. The first-order chi connectivity index (χ1) is 19.7. The maximum absolute atomic E-state index is 13.5. The van der Waals surface area contributed by atoms with E-state index in [9.17, 15) is 14.7 Å². The normalized spacial score (nSPS) is 17.9. The van der Waals surface area contributed by atoms with Gasteiger partial charge >= 0.3 is 0 Å². The van der Waals surface area contributed by atoms with E-state index in [1.54, 1.807) is 57.4 Å². The van der Waals surface area contributed by atoms with Gasteiger partial charge in [0.25, 0.3) is 11.8 Å². The molecular weight excluding hydrogens is 526 g/mol. The van der Waals surface area contributed by atoms with E-state index in [0.717, 1.165) is 24.0 Å². The lowest BCUT2D eigenvalue weighted by Crippen LogP contribution is -2.66. The molecule has 4 N–H and O–H groups in total. The Kier molecular flexibility index (Phi) is 12.3. The molecule has 0 aromatic heterocycles. The summed E-state index contributed by atoms with van der Waals surface area (Å²) in [6.45, 7) is 4.30. The van der Waals surface area contributed by atoms with Gasteiger partial charge in [-0.3, -0.25) is 9.59 Å². The van der Waals surface area contributed by atoms with Crippen LogP contribution in [0.15, 0.2) is 48.5 Å². The van der Waals surface area contributed by atoms with E-state index in [2.05, 4.69) is 22.6 Å². The van der Waals surface area contributed by atoms with Crippen molar-refractivity contribution in [3.05, 3.63) is 70.8 Å². The number of hydrogen-bond acceptors (Lipinski definition) is 8. The molecule has 3 rings (SSSR count). The maximum atomic E-state index is 13.5. The number of carbonyl (C=O) groups is 2. The van der Waals surface area contributed by atoms with Gasteiger partial charge in [-0.05, 0) is 75.7 Å². The van der Waals surface area contributed by atoms with E-state index in [4.69, 9.17) is 19.4 Å². The molecule has 0 radical (unpaired) electrons. The second-order valence-corrected chi connectivity index (χ2v) is 10.1. The molecular formula is C31H41N3O7. The Bertz CT molecular complexity index is 1190. The first-order valence-electron chi connectivity index (χ1n) is 13.8. The highest BCUT2D eigenvalue weighted by atomic mass is 16.8. The average molecular weight is 568 g/mol. The minimum atomic E-state index is -1.26. The summed E-state index contributed by atoms with van der Waals surface area (Å²) in [6.07, 6.45) is 1.33. The van der Waals surface area contributed by atoms with Crippen molar-refractivity contribution in [2.45, 2.75) is 57.1 Å². The second kappa shape index (κ2) is 15.6. The van der Waals surface area contributed by atoms with Crippen LogP contribution in [0, 0.1) is 11.8 Å². The van der Waals surface area contributed by atoms with Crippen molar-refractivity contribution < 1.29 is 34.1 Å². The largest absolute Gasteiger partial charge is 0.394 e. The molecule has 2 aromatic carbocycles. The van der Waals surface area contributed by atoms with Crippen LogP contribution >= 0.6 is 0 Å². The highest BCUT2D eigenvalue weighted by molar-refractivity contribution is 5.99. The first-order valence-corrected chi connectivity index (χ1v) is 13.8. The van der Waals surface area contributed by atoms with Crippen LogP contribution in [0.2, 0.25) is 0 Å². The highest BCUT2D eigenvalue weighted by Crippen LogP contribution is 2.23. The number of nitrogens with zero attached hydrogens (tertiary/aromatic N) is 1. The van der Waals surface area contributed by atoms with Crippen molar-refractivity contribution in [2.75, 3.05) is 40.5 Å². The van der Waals surface area contributed by atoms with Crippen LogP contribution < -0.4 is 10.8 Å². The molecule has 3 unspecified atom stereocenters. The number of aliphatic hydroxyl groups is 2. The van der Waals surface area contributed by atoms with Crippen molar-refractivity contribution in [3.63, 3.8) is 0 Å². The average Bonchev–Trinajstić information content (AvgIpc) is 3.02. The smallest absolute Gasteiger partial charge is 0.270 e. The lowest BCUT2D eigenvalue weighted by Gasteiger charge is -2.41. The number of carbonyl (C=O) groups excluding carboxylic acids is 2. The SMILES string of the molecule is CNC(C)[C@@](C)(C(=O)NOC1CCCCO1)N(C)C(=O)c1ccc(C#Cc2ccc(C(O)COCCO)cc2)cc1. The number of nitrogens with one attached hydrogen (secondary N) is 2. The Hall–Kier alpha value is -3.30. The van der Waals surface area contributed by atoms with E-state index in [1.165, 1.54) is 4.90 Å². The molecule has 0 saturated carbocycles. The minimum Gasteiger partial charge on any atom is -0.394 e. The third-order valence-electron chi connectivity index (χ3n) is 7.45. The summed E-state index contributed by atoms with van der Waals surface area (Å²) in [6, 6.07) is 13.7. The third-order valence-corrected chi connectivity index (χ3v) is 7.45. The van der Waals surface area contributed by atoms with Crippen molar-refractivity contribution in [3.8, 4) is 11.8 Å². The summed E-state index contributed by atoms with van der Waals surface area (Å²) in [5.41, 5.74) is 3.85. The molecule has 1 saturated heterocycles. The van der Waals surface area contributed by atoms with Gasteiger partial charge in [-0.2, -0.15) is 0 Å². The molecule has 10 heteroatoms. The molecule has 1 aliphatic rings. The summed E-state index contributed by atoms with van der Waals surface area (Å²) in [5.74, 6) is 5.38. The van der Waals surface area contributed by atoms with Gasteiger partial charge in [0.05, 0.1) is 19.8 Å². The Morgan fingerprint density at radius 1 is 1.12 bits per heavy atom. The predicted molar refractivity (Wildman–Crippen MR) is 154 cm³/mol. The van der Waals surface area contributed by atoms with Crippen LogP contribution in [-0.2, 0) is 19.1 Å². The summed E-state index contributed by atoms with van der Waals surface area (Å²) < 4.78 is 10.7. The Labute approximate surface area is 241 Å². The van der Waals surface area contributed by atoms with Crippen LogP contribution in [0.25, 0.3) is 0 Å². The fourth-order valence-electron chi connectivity index (χ4n) is 4.34. The fourth-order valence-corrected chi connectivity index (χ4v) is 4.34. The number of hydroxylamine groups is 1.